The molecule has 132 valence electrons. The SMILES string of the molecule is Cc1ccc2cc(C)c3nnc(SCC(=O)Nc4nc(C)cs4)n3c2c1. The van der Waals surface area contributed by atoms with Crippen molar-refractivity contribution >= 4 is 50.7 Å². The number of nitrogens with one attached hydrogen (secondary N) is 1. The Labute approximate surface area is 158 Å². The maximum atomic E-state index is 12.2. The molecule has 4 rings (SSSR count). The fourth-order valence-corrected chi connectivity index (χ4v) is 4.25. The number of aryl methyl sites for hydroxylation is 3. The summed E-state index contributed by atoms with van der Waals surface area (Å²) in [6.07, 6.45) is 0. The summed E-state index contributed by atoms with van der Waals surface area (Å²) in [5.74, 6) is 0.148. The first kappa shape index (κ1) is 17.0. The van der Waals surface area contributed by atoms with Gasteiger partial charge in [-0.15, -0.1) is 21.5 Å². The van der Waals surface area contributed by atoms with Crippen molar-refractivity contribution in [2.75, 3.05) is 11.1 Å². The summed E-state index contributed by atoms with van der Waals surface area (Å²) in [5.41, 5.74) is 5.00. The highest BCUT2D eigenvalue weighted by Crippen LogP contribution is 2.26. The number of fused-ring (bicyclic) bond motifs is 3. The lowest BCUT2D eigenvalue weighted by atomic mass is 10.1. The maximum Gasteiger partial charge on any atom is 0.236 e. The van der Waals surface area contributed by atoms with E-state index in [4.69, 9.17) is 0 Å². The zero-order valence-corrected chi connectivity index (χ0v) is 16.2. The maximum absolute atomic E-state index is 12.2. The van der Waals surface area contributed by atoms with Crippen LogP contribution < -0.4 is 5.32 Å². The summed E-state index contributed by atoms with van der Waals surface area (Å²) in [5, 5.41) is 15.8. The molecule has 0 bridgehead atoms. The van der Waals surface area contributed by atoms with Crippen LogP contribution in [0.5, 0.6) is 0 Å². The summed E-state index contributed by atoms with van der Waals surface area (Å²) >= 11 is 2.80. The summed E-state index contributed by atoms with van der Waals surface area (Å²) in [7, 11) is 0. The van der Waals surface area contributed by atoms with Gasteiger partial charge in [-0.3, -0.25) is 9.20 Å². The van der Waals surface area contributed by atoms with Crippen LogP contribution in [0.15, 0.2) is 34.8 Å². The number of hydrogen-bond acceptors (Lipinski definition) is 6. The third-order valence-corrected chi connectivity index (χ3v) is 5.79. The van der Waals surface area contributed by atoms with Gasteiger partial charge in [0.05, 0.1) is 17.0 Å². The number of carbonyl (C=O) groups excluding carboxylic acids is 1. The monoisotopic (exact) mass is 383 g/mol. The molecule has 8 heteroatoms. The summed E-state index contributed by atoms with van der Waals surface area (Å²) in [6, 6.07) is 8.43. The minimum absolute atomic E-state index is 0.103. The fraction of sp³-hybridized carbons (Fsp3) is 0.222. The lowest BCUT2D eigenvalue weighted by molar-refractivity contribution is -0.113. The van der Waals surface area contributed by atoms with Crippen molar-refractivity contribution in [2.24, 2.45) is 0 Å². The van der Waals surface area contributed by atoms with Crippen LogP contribution in [0.25, 0.3) is 16.6 Å². The highest BCUT2D eigenvalue weighted by atomic mass is 32.2. The minimum Gasteiger partial charge on any atom is -0.301 e. The number of nitrogens with zero attached hydrogens (tertiary/aromatic N) is 4. The molecule has 0 saturated carbocycles. The van der Waals surface area contributed by atoms with E-state index in [9.17, 15) is 4.79 Å². The Bertz CT molecular complexity index is 1130. The Balaban J connectivity index is 1.63. The number of aromatic nitrogens is 4. The average molecular weight is 384 g/mol. The standard InChI is InChI=1S/C18H17N5OS2/c1-10-4-5-13-7-11(2)16-21-22-18(23(16)14(13)6-10)26-9-15(24)20-17-19-12(3)8-25-17/h4-8H,9H2,1-3H3,(H,19,20,24). The summed E-state index contributed by atoms with van der Waals surface area (Å²) in [6.45, 7) is 5.99. The predicted octanol–water partition coefficient (Wildman–Crippen LogP) is 4.00. The molecule has 0 fully saturated rings. The first-order valence-electron chi connectivity index (χ1n) is 8.11. The van der Waals surface area contributed by atoms with Crippen LogP contribution in [-0.2, 0) is 4.79 Å². The number of rotatable bonds is 4. The van der Waals surface area contributed by atoms with Gasteiger partial charge in [0.15, 0.2) is 15.9 Å². The van der Waals surface area contributed by atoms with E-state index in [2.05, 4.69) is 51.7 Å². The molecule has 26 heavy (non-hydrogen) atoms. The third-order valence-electron chi connectivity index (χ3n) is 3.98. The van der Waals surface area contributed by atoms with Crippen molar-refractivity contribution in [3.05, 3.63) is 46.5 Å². The normalized spacial score (nSPS) is 11.3. The molecule has 1 amide bonds. The van der Waals surface area contributed by atoms with E-state index in [-0.39, 0.29) is 11.7 Å². The molecule has 6 nitrogen and oxygen atoms in total. The number of anilines is 1. The van der Waals surface area contributed by atoms with Crippen LogP contribution in [-0.4, -0.2) is 31.2 Å². The van der Waals surface area contributed by atoms with E-state index < -0.39 is 0 Å². The second kappa shape index (κ2) is 6.69. The molecule has 0 aliphatic heterocycles. The van der Waals surface area contributed by atoms with Crippen LogP contribution in [0.4, 0.5) is 5.13 Å². The molecule has 1 aromatic carbocycles. The zero-order valence-electron chi connectivity index (χ0n) is 14.6. The van der Waals surface area contributed by atoms with Gasteiger partial charge < -0.3 is 5.32 Å². The Morgan fingerprint density at radius 3 is 2.85 bits per heavy atom. The first-order valence-corrected chi connectivity index (χ1v) is 9.97. The Kier molecular flexibility index (Phi) is 4.37. The quantitative estimate of drug-likeness (QED) is 0.539. The van der Waals surface area contributed by atoms with Gasteiger partial charge in [-0.1, -0.05) is 23.9 Å². The molecule has 0 radical (unpaired) electrons. The number of thiazole rings is 1. The van der Waals surface area contributed by atoms with Crippen molar-refractivity contribution in [1.82, 2.24) is 19.6 Å². The van der Waals surface area contributed by atoms with E-state index >= 15 is 0 Å². The molecular weight excluding hydrogens is 366 g/mol. The fourth-order valence-electron chi connectivity index (χ4n) is 2.80. The van der Waals surface area contributed by atoms with Crippen molar-refractivity contribution in [1.29, 1.82) is 0 Å². The Morgan fingerprint density at radius 2 is 2.08 bits per heavy atom. The minimum atomic E-state index is -0.103. The van der Waals surface area contributed by atoms with E-state index in [1.54, 1.807) is 0 Å². The van der Waals surface area contributed by atoms with E-state index in [1.165, 1.54) is 28.7 Å². The lowest BCUT2D eigenvalue weighted by Gasteiger charge is -2.08. The molecule has 0 aliphatic carbocycles. The second-order valence-electron chi connectivity index (χ2n) is 6.16. The van der Waals surface area contributed by atoms with Gasteiger partial charge in [0.2, 0.25) is 5.91 Å². The molecule has 0 atom stereocenters. The van der Waals surface area contributed by atoms with E-state index in [1.807, 2.05) is 23.6 Å². The van der Waals surface area contributed by atoms with Crippen molar-refractivity contribution in [2.45, 2.75) is 25.9 Å². The highest BCUT2D eigenvalue weighted by molar-refractivity contribution is 7.99. The number of thioether (sulfide) groups is 1. The van der Waals surface area contributed by atoms with E-state index in [0.29, 0.717) is 10.3 Å². The van der Waals surface area contributed by atoms with Gasteiger partial charge in [0.1, 0.15) is 0 Å². The summed E-state index contributed by atoms with van der Waals surface area (Å²) in [4.78, 5) is 16.5. The van der Waals surface area contributed by atoms with Gasteiger partial charge in [-0.25, -0.2) is 4.98 Å². The molecule has 0 unspecified atom stereocenters. The predicted molar refractivity (Wildman–Crippen MR) is 106 cm³/mol. The van der Waals surface area contributed by atoms with Crippen LogP contribution in [0.3, 0.4) is 0 Å². The molecule has 1 N–H and O–H groups in total. The smallest absolute Gasteiger partial charge is 0.236 e. The number of carbonyl (C=O) groups is 1. The topological polar surface area (TPSA) is 72.2 Å². The van der Waals surface area contributed by atoms with E-state index in [0.717, 1.165) is 27.8 Å². The number of amides is 1. The molecule has 4 aromatic rings. The first-order chi connectivity index (χ1) is 12.5. The second-order valence-corrected chi connectivity index (χ2v) is 7.96. The van der Waals surface area contributed by atoms with Crippen LogP contribution in [0.1, 0.15) is 16.8 Å². The van der Waals surface area contributed by atoms with Gasteiger partial charge in [0, 0.05) is 5.38 Å². The molecular formula is C18H17N5OS2. The number of pyridine rings is 1. The zero-order chi connectivity index (χ0) is 18.3. The van der Waals surface area contributed by atoms with Gasteiger partial charge in [-0.05, 0) is 49.4 Å². The highest BCUT2D eigenvalue weighted by Gasteiger charge is 2.14. The van der Waals surface area contributed by atoms with Crippen molar-refractivity contribution < 1.29 is 4.79 Å². The largest absolute Gasteiger partial charge is 0.301 e. The Hall–Kier alpha value is -2.45. The number of hydrogen-bond donors (Lipinski definition) is 1. The Morgan fingerprint density at radius 1 is 1.23 bits per heavy atom. The van der Waals surface area contributed by atoms with Gasteiger partial charge in [-0.2, -0.15) is 0 Å². The third kappa shape index (κ3) is 3.17. The van der Waals surface area contributed by atoms with Crippen molar-refractivity contribution in [3.63, 3.8) is 0 Å². The lowest BCUT2D eigenvalue weighted by Crippen LogP contribution is -2.14. The van der Waals surface area contributed by atoms with Crippen LogP contribution >= 0.6 is 23.1 Å². The molecule has 3 aromatic heterocycles. The average Bonchev–Trinajstić information content (AvgIpc) is 3.20. The molecule has 0 saturated heterocycles. The molecule has 0 aliphatic rings. The van der Waals surface area contributed by atoms with Gasteiger partial charge >= 0.3 is 0 Å². The molecule has 0 spiro atoms. The molecule has 3 heterocycles. The van der Waals surface area contributed by atoms with Crippen LogP contribution in [0.2, 0.25) is 0 Å². The number of benzene rings is 1. The van der Waals surface area contributed by atoms with Crippen molar-refractivity contribution in [3.8, 4) is 0 Å². The summed E-state index contributed by atoms with van der Waals surface area (Å²) < 4.78 is 2.03. The van der Waals surface area contributed by atoms with Gasteiger partial charge in [0.25, 0.3) is 0 Å². The van der Waals surface area contributed by atoms with Crippen LogP contribution in [0, 0.1) is 20.8 Å².